The second kappa shape index (κ2) is 5.46. The molecule has 0 bridgehead atoms. The number of carboxylic acid groups (broad SMARTS) is 1. The molecule has 0 spiro atoms. The lowest BCUT2D eigenvalue weighted by Crippen LogP contribution is -2.29. The highest BCUT2D eigenvalue weighted by molar-refractivity contribution is 6.03. The topological polar surface area (TPSA) is 82.4 Å². The number of H-pyrrole nitrogens is 1. The Labute approximate surface area is 144 Å². The van der Waals surface area contributed by atoms with Crippen molar-refractivity contribution in [1.82, 2.24) is 15.0 Å². The molecule has 1 saturated carbocycles. The molecular weight excluding hydrogens is 318 g/mol. The van der Waals surface area contributed by atoms with Gasteiger partial charge >= 0.3 is 5.97 Å². The summed E-state index contributed by atoms with van der Waals surface area (Å²) in [6.07, 6.45) is 3.31. The fourth-order valence-corrected chi connectivity index (χ4v) is 3.80. The Balaban J connectivity index is 1.42. The maximum Gasteiger partial charge on any atom is 0.337 e. The number of aromatic carboxylic acids is 1. The van der Waals surface area contributed by atoms with Crippen LogP contribution in [0, 0.1) is 0 Å². The first kappa shape index (κ1) is 14.7. The van der Waals surface area contributed by atoms with E-state index in [9.17, 15) is 9.90 Å². The van der Waals surface area contributed by atoms with Crippen molar-refractivity contribution in [2.24, 2.45) is 0 Å². The largest absolute Gasteiger partial charge is 0.478 e. The number of hydrogen-bond donors (Lipinski definition) is 2. The van der Waals surface area contributed by atoms with Gasteiger partial charge in [-0.15, -0.1) is 0 Å². The molecule has 6 heteroatoms. The molecular formula is C19H19N3O3. The number of benzene rings is 1. The molecule has 0 unspecified atom stereocenters. The zero-order valence-electron chi connectivity index (χ0n) is 13.8. The molecule has 0 amide bonds. The SMILES string of the molecule is O=C(O)c1cccc2c3c([nH]c12)CCN(Cc1cc(C2CC2)on1)C3. The molecule has 1 aliphatic heterocycles. The first-order valence-corrected chi connectivity index (χ1v) is 8.72. The first-order chi connectivity index (χ1) is 12.2. The van der Waals surface area contributed by atoms with Crippen molar-refractivity contribution in [3.05, 3.63) is 52.5 Å². The van der Waals surface area contributed by atoms with Crippen molar-refractivity contribution in [1.29, 1.82) is 0 Å². The van der Waals surface area contributed by atoms with Crippen molar-refractivity contribution in [2.45, 2.75) is 38.3 Å². The summed E-state index contributed by atoms with van der Waals surface area (Å²) in [6, 6.07) is 7.56. The van der Waals surface area contributed by atoms with Crippen LogP contribution in [-0.4, -0.2) is 32.7 Å². The minimum absolute atomic E-state index is 0.337. The summed E-state index contributed by atoms with van der Waals surface area (Å²) in [4.78, 5) is 17.1. The lowest BCUT2D eigenvalue weighted by atomic mass is 10.0. The van der Waals surface area contributed by atoms with Gasteiger partial charge in [0, 0.05) is 49.1 Å². The zero-order chi connectivity index (χ0) is 17.0. The number of rotatable bonds is 4. The molecule has 2 aromatic heterocycles. The minimum atomic E-state index is -0.892. The van der Waals surface area contributed by atoms with Crippen LogP contribution < -0.4 is 0 Å². The molecule has 0 radical (unpaired) electrons. The lowest BCUT2D eigenvalue weighted by Gasteiger charge is -2.26. The smallest absolute Gasteiger partial charge is 0.337 e. The van der Waals surface area contributed by atoms with Gasteiger partial charge < -0.3 is 14.6 Å². The van der Waals surface area contributed by atoms with Gasteiger partial charge in [0.2, 0.25) is 0 Å². The molecule has 0 saturated heterocycles. The van der Waals surface area contributed by atoms with Crippen molar-refractivity contribution >= 4 is 16.9 Å². The Morgan fingerprint density at radius 3 is 3.08 bits per heavy atom. The molecule has 3 heterocycles. The van der Waals surface area contributed by atoms with Gasteiger partial charge in [-0.05, 0) is 24.5 Å². The maximum absolute atomic E-state index is 11.4. The third-order valence-corrected chi connectivity index (χ3v) is 5.26. The highest BCUT2D eigenvalue weighted by atomic mass is 16.5. The van der Waals surface area contributed by atoms with E-state index >= 15 is 0 Å². The molecule has 1 fully saturated rings. The van der Waals surface area contributed by atoms with Crippen LogP contribution in [0.2, 0.25) is 0 Å². The molecule has 6 nitrogen and oxygen atoms in total. The summed E-state index contributed by atoms with van der Waals surface area (Å²) in [7, 11) is 0. The van der Waals surface area contributed by atoms with E-state index in [0.29, 0.717) is 11.5 Å². The van der Waals surface area contributed by atoms with E-state index in [1.807, 2.05) is 12.1 Å². The Morgan fingerprint density at radius 1 is 1.40 bits per heavy atom. The normalized spacial score (nSPS) is 17.8. The maximum atomic E-state index is 11.4. The van der Waals surface area contributed by atoms with E-state index < -0.39 is 5.97 Å². The summed E-state index contributed by atoms with van der Waals surface area (Å²) < 4.78 is 5.45. The highest BCUT2D eigenvalue weighted by Gasteiger charge is 2.28. The number of fused-ring (bicyclic) bond motifs is 3. The van der Waals surface area contributed by atoms with Crippen molar-refractivity contribution in [2.75, 3.05) is 6.54 Å². The number of hydrogen-bond acceptors (Lipinski definition) is 4. The van der Waals surface area contributed by atoms with Crippen molar-refractivity contribution < 1.29 is 14.4 Å². The van der Waals surface area contributed by atoms with Crippen LogP contribution >= 0.6 is 0 Å². The second-order valence-corrected chi connectivity index (χ2v) is 7.07. The van der Waals surface area contributed by atoms with Crippen LogP contribution in [0.5, 0.6) is 0 Å². The number of nitrogens with zero attached hydrogens (tertiary/aromatic N) is 2. The fourth-order valence-electron chi connectivity index (χ4n) is 3.80. The van der Waals surface area contributed by atoms with Crippen molar-refractivity contribution in [3.63, 3.8) is 0 Å². The van der Waals surface area contributed by atoms with Crippen LogP contribution in [-0.2, 0) is 19.5 Å². The molecule has 1 aliphatic carbocycles. The number of carboxylic acids is 1. The molecule has 2 aliphatic rings. The van der Waals surface area contributed by atoms with E-state index in [-0.39, 0.29) is 0 Å². The first-order valence-electron chi connectivity index (χ1n) is 8.72. The highest BCUT2D eigenvalue weighted by Crippen LogP contribution is 2.40. The van der Waals surface area contributed by atoms with Crippen LogP contribution in [0.1, 0.15) is 51.8 Å². The van der Waals surface area contributed by atoms with Crippen LogP contribution in [0.15, 0.2) is 28.8 Å². The van der Waals surface area contributed by atoms with Gasteiger partial charge in [0.15, 0.2) is 0 Å². The van der Waals surface area contributed by atoms with E-state index in [0.717, 1.165) is 54.1 Å². The Hall–Kier alpha value is -2.60. The molecule has 5 rings (SSSR count). The number of carbonyl (C=O) groups is 1. The van der Waals surface area contributed by atoms with Crippen LogP contribution in [0.3, 0.4) is 0 Å². The summed E-state index contributed by atoms with van der Waals surface area (Å²) >= 11 is 0. The molecule has 0 atom stereocenters. The molecule has 3 aromatic rings. The van der Waals surface area contributed by atoms with Crippen molar-refractivity contribution in [3.8, 4) is 0 Å². The number of para-hydroxylation sites is 1. The van der Waals surface area contributed by atoms with E-state index in [1.165, 1.54) is 18.4 Å². The summed E-state index contributed by atoms with van der Waals surface area (Å²) in [6.45, 7) is 2.48. The standard InChI is InChI=1S/C19H19N3O3/c23-19(24)14-3-1-2-13-15-10-22(7-6-16(15)20-18(13)14)9-12-8-17(25-21-12)11-4-5-11/h1-3,8,11,20H,4-7,9-10H2,(H,23,24). The Bertz CT molecular complexity index is 968. The van der Waals surface area contributed by atoms with Gasteiger partial charge in [0.05, 0.1) is 16.8 Å². The average Bonchev–Trinajstić information content (AvgIpc) is 3.24. The number of aromatic nitrogens is 2. The van der Waals surface area contributed by atoms with E-state index in [2.05, 4.69) is 21.1 Å². The predicted molar refractivity (Wildman–Crippen MR) is 91.6 cm³/mol. The third kappa shape index (κ3) is 2.53. The van der Waals surface area contributed by atoms with Crippen LogP contribution in [0.25, 0.3) is 10.9 Å². The summed E-state index contributed by atoms with van der Waals surface area (Å²) in [5.74, 6) is 0.708. The van der Waals surface area contributed by atoms with E-state index in [1.54, 1.807) is 6.07 Å². The van der Waals surface area contributed by atoms with Gasteiger partial charge in [0.25, 0.3) is 0 Å². The van der Waals surface area contributed by atoms with Gasteiger partial charge in [0.1, 0.15) is 5.76 Å². The Morgan fingerprint density at radius 2 is 2.28 bits per heavy atom. The van der Waals surface area contributed by atoms with Gasteiger partial charge in [-0.3, -0.25) is 4.90 Å². The monoisotopic (exact) mass is 337 g/mol. The zero-order valence-corrected chi connectivity index (χ0v) is 13.8. The predicted octanol–water partition coefficient (Wildman–Crippen LogP) is 3.29. The molecule has 1 aromatic carbocycles. The Kier molecular flexibility index (Phi) is 3.21. The lowest BCUT2D eigenvalue weighted by molar-refractivity contribution is 0.0699. The molecule has 128 valence electrons. The van der Waals surface area contributed by atoms with Gasteiger partial charge in [-0.1, -0.05) is 17.3 Å². The van der Waals surface area contributed by atoms with Gasteiger partial charge in [-0.25, -0.2) is 4.79 Å². The number of nitrogens with one attached hydrogen (secondary N) is 1. The molecule has 25 heavy (non-hydrogen) atoms. The third-order valence-electron chi connectivity index (χ3n) is 5.26. The second-order valence-electron chi connectivity index (χ2n) is 7.07. The fraction of sp³-hybridized carbons (Fsp3) is 0.368. The van der Waals surface area contributed by atoms with Crippen LogP contribution in [0.4, 0.5) is 0 Å². The van der Waals surface area contributed by atoms with E-state index in [4.69, 9.17) is 4.52 Å². The summed E-state index contributed by atoms with van der Waals surface area (Å²) in [5, 5.41) is 14.6. The van der Waals surface area contributed by atoms with Gasteiger partial charge in [-0.2, -0.15) is 0 Å². The summed E-state index contributed by atoms with van der Waals surface area (Å²) in [5.41, 5.74) is 4.41. The quantitative estimate of drug-likeness (QED) is 0.763. The minimum Gasteiger partial charge on any atom is -0.478 e. The number of aromatic amines is 1. The molecule has 2 N–H and O–H groups in total. The average molecular weight is 337 g/mol.